The SMILES string of the molecule is CCCCC(CC)COC(=O)C(F)CBr. The third-order valence-electron chi connectivity index (χ3n) is 2.40. The molecule has 90 valence electrons. The van der Waals surface area contributed by atoms with Gasteiger partial charge in [0.15, 0.2) is 0 Å². The lowest BCUT2D eigenvalue weighted by Crippen LogP contribution is -2.23. The maximum absolute atomic E-state index is 12.8. The zero-order valence-corrected chi connectivity index (χ0v) is 11.1. The standard InChI is InChI=1S/C11H20BrFO2/c1-3-5-6-9(4-2)8-15-11(14)10(13)7-12/h9-10H,3-8H2,1-2H3. The van der Waals surface area contributed by atoms with Crippen LogP contribution in [-0.2, 0) is 9.53 Å². The quantitative estimate of drug-likeness (QED) is 0.503. The number of hydrogen-bond donors (Lipinski definition) is 0. The van der Waals surface area contributed by atoms with Crippen molar-refractivity contribution in [1.82, 2.24) is 0 Å². The van der Waals surface area contributed by atoms with E-state index in [-0.39, 0.29) is 5.33 Å². The predicted molar refractivity (Wildman–Crippen MR) is 63.0 cm³/mol. The Bertz CT molecular complexity index is 176. The zero-order chi connectivity index (χ0) is 11.7. The number of halogens is 2. The van der Waals surface area contributed by atoms with E-state index in [2.05, 4.69) is 29.8 Å². The lowest BCUT2D eigenvalue weighted by molar-refractivity contribution is -0.150. The van der Waals surface area contributed by atoms with Crippen LogP contribution in [0.15, 0.2) is 0 Å². The smallest absolute Gasteiger partial charge is 0.341 e. The third-order valence-corrected chi connectivity index (χ3v) is 2.96. The van der Waals surface area contributed by atoms with Crippen molar-refractivity contribution in [2.75, 3.05) is 11.9 Å². The number of unbranched alkanes of at least 4 members (excludes halogenated alkanes) is 1. The second-order valence-electron chi connectivity index (χ2n) is 3.67. The van der Waals surface area contributed by atoms with E-state index in [0.29, 0.717) is 12.5 Å². The second kappa shape index (κ2) is 9.13. The van der Waals surface area contributed by atoms with Crippen molar-refractivity contribution in [2.24, 2.45) is 5.92 Å². The number of carbonyl (C=O) groups excluding carboxylic acids is 1. The van der Waals surface area contributed by atoms with Gasteiger partial charge in [-0.05, 0) is 12.3 Å². The highest BCUT2D eigenvalue weighted by atomic mass is 79.9. The molecule has 2 nitrogen and oxygen atoms in total. The van der Waals surface area contributed by atoms with Crippen LogP contribution in [-0.4, -0.2) is 24.1 Å². The van der Waals surface area contributed by atoms with E-state index in [1.807, 2.05) is 0 Å². The highest BCUT2D eigenvalue weighted by Gasteiger charge is 2.18. The van der Waals surface area contributed by atoms with Crippen LogP contribution in [0.25, 0.3) is 0 Å². The third kappa shape index (κ3) is 6.88. The largest absolute Gasteiger partial charge is 0.463 e. The van der Waals surface area contributed by atoms with Gasteiger partial charge in [0.25, 0.3) is 0 Å². The van der Waals surface area contributed by atoms with Gasteiger partial charge in [0.1, 0.15) is 0 Å². The molecule has 0 aromatic rings. The monoisotopic (exact) mass is 282 g/mol. The molecule has 0 bridgehead atoms. The number of hydrogen-bond acceptors (Lipinski definition) is 2. The van der Waals surface area contributed by atoms with Crippen LogP contribution < -0.4 is 0 Å². The molecule has 0 fully saturated rings. The van der Waals surface area contributed by atoms with Gasteiger partial charge >= 0.3 is 5.97 Å². The maximum atomic E-state index is 12.8. The average molecular weight is 283 g/mol. The molecule has 0 amide bonds. The number of carbonyl (C=O) groups is 1. The Morgan fingerprint density at radius 3 is 2.60 bits per heavy atom. The summed E-state index contributed by atoms with van der Waals surface area (Å²) in [6.07, 6.45) is 2.75. The molecule has 0 aromatic heterocycles. The molecular weight excluding hydrogens is 263 g/mol. The van der Waals surface area contributed by atoms with Crippen LogP contribution in [0, 0.1) is 5.92 Å². The van der Waals surface area contributed by atoms with Gasteiger partial charge in [-0.1, -0.05) is 49.0 Å². The lowest BCUT2D eigenvalue weighted by atomic mass is 10.0. The van der Waals surface area contributed by atoms with E-state index in [4.69, 9.17) is 4.74 Å². The maximum Gasteiger partial charge on any atom is 0.341 e. The van der Waals surface area contributed by atoms with Gasteiger partial charge in [-0.3, -0.25) is 0 Å². The molecule has 0 spiro atoms. The van der Waals surface area contributed by atoms with Crippen molar-refractivity contribution in [3.8, 4) is 0 Å². The Morgan fingerprint density at radius 1 is 1.47 bits per heavy atom. The Balaban J connectivity index is 3.74. The number of ether oxygens (including phenoxy) is 1. The van der Waals surface area contributed by atoms with Crippen molar-refractivity contribution in [3.63, 3.8) is 0 Å². The van der Waals surface area contributed by atoms with Gasteiger partial charge in [-0.15, -0.1) is 0 Å². The molecule has 4 heteroatoms. The van der Waals surface area contributed by atoms with E-state index < -0.39 is 12.1 Å². The Labute approximate surface area is 99.7 Å². The molecular formula is C11H20BrFO2. The minimum Gasteiger partial charge on any atom is -0.463 e. The van der Waals surface area contributed by atoms with Gasteiger partial charge < -0.3 is 4.74 Å². The summed E-state index contributed by atoms with van der Waals surface area (Å²) >= 11 is 2.91. The van der Waals surface area contributed by atoms with E-state index in [9.17, 15) is 9.18 Å². The van der Waals surface area contributed by atoms with Crippen LogP contribution in [0.4, 0.5) is 4.39 Å². The molecule has 2 atom stereocenters. The summed E-state index contributed by atoms with van der Waals surface area (Å²) in [5.41, 5.74) is 0. The molecule has 0 rings (SSSR count). The van der Waals surface area contributed by atoms with Crippen molar-refractivity contribution in [3.05, 3.63) is 0 Å². The van der Waals surface area contributed by atoms with Crippen LogP contribution in [0.1, 0.15) is 39.5 Å². The predicted octanol–water partition coefficient (Wildman–Crippen LogP) is 3.48. The molecule has 2 unspecified atom stereocenters. The fraction of sp³-hybridized carbons (Fsp3) is 0.909. The molecule has 0 aliphatic rings. The van der Waals surface area contributed by atoms with Gasteiger partial charge in [0, 0.05) is 5.33 Å². The molecule has 0 heterocycles. The summed E-state index contributed by atoms with van der Waals surface area (Å²) in [7, 11) is 0. The summed E-state index contributed by atoms with van der Waals surface area (Å²) in [6, 6.07) is 0. The zero-order valence-electron chi connectivity index (χ0n) is 9.47. The number of esters is 1. The topological polar surface area (TPSA) is 26.3 Å². The molecule has 0 saturated carbocycles. The Hall–Kier alpha value is -0.120. The number of alkyl halides is 2. The van der Waals surface area contributed by atoms with Gasteiger partial charge in [-0.25, -0.2) is 9.18 Å². The molecule has 15 heavy (non-hydrogen) atoms. The van der Waals surface area contributed by atoms with Crippen molar-refractivity contribution < 1.29 is 13.9 Å². The molecule has 0 radical (unpaired) electrons. The fourth-order valence-electron chi connectivity index (χ4n) is 1.25. The molecule has 0 aliphatic carbocycles. The fourth-order valence-corrected chi connectivity index (χ4v) is 1.52. The van der Waals surface area contributed by atoms with Crippen LogP contribution in [0.2, 0.25) is 0 Å². The normalized spacial score (nSPS) is 14.7. The first-order valence-corrected chi connectivity index (χ1v) is 6.64. The van der Waals surface area contributed by atoms with Gasteiger partial charge in [0.2, 0.25) is 6.17 Å². The Morgan fingerprint density at radius 2 is 2.13 bits per heavy atom. The minimum absolute atomic E-state index is 0.0115. The molecule has 0 aliphatic heterocycles. The van der Waals surface area contributed by atoms with Crippen LogP contribution >= 0.6 is 15.9 Å². The van der Waals surface area contributed by atoms with E-state index in [0.717, 1.165) is 25.7 Å². The van der Waals surface area contributed by atoms with Crippen molar-refractivity contribution >= 4 is 21.9 Å². The van der Waals surface area contributed by atoms with Crippen molar-refractivity contribution in [1.29, 1.82) is 0 Å². The first kappa shape index (κ1) is 14.9. The molecule has 0 saturated heterocycles. The lowest BCUT2D eigenvalue weighted by Gasteiger charge is -2.15. The first-order chi connectivity index (χ1) is 7.15. The molecule has 0 N–H and O–H groups in total. The van der Waals surface area contributed by atoms with Gasteiger partial charge in [-0.2, -0.15) is 0 Å². The Kier molecular flexibility index (Phi) is 9.06. The second-order valence-corrected chi connectivity index (χ2v) is 4.32. The highest BCUT2D eigenvalue weighted by molar-refractivity contribution is 9.09. The average Bonchev–Trinajstić information content (AvgIpc) is 2.27. The van der Waals surface area contributed by atoms with E-state index >= 15 is 0 Å². The van der Waals surface area contributed by atoms with Crippen LogP contribution in [0.5, 0.6) is 0 Å². The van der Waals surface area contributed by atoms with Gasteiger partial charge in [0.05, 0.1) is 6.61 Å². The first-order valence-electron chi connectivity index (χ1n) is 5.52. The summed E-state index contributed by atoms with van der Waals surface area (Å²) < 4.78 is 17.7. The van der Waals surface area contributed by atoms with Crippen LogP contribution in [0.3, 0.4) is 0 Å². The van der Waals surface area contributed by atoms with E-state index in [1.54, 1.807) is 0 Å². The number of rotatable bonds is 8. The van der Waals surface area contributed by atoms with Crippen molar-refractivity contribution in [2.45, 2.75) is 45.7 Å². The van der Waals surface area contributed by atoms with E-state index in [1.165, 1.54) is 0 Å². The summed E-state index contributed by atoms with van der Waals surface area (Å²) in [4.78, 5) is 11.0. The summed E-state index contributed by atoms with van der Waals surface area (Å²) in [6.45, 7) is 4.54. The summed E-state index contributed by atoms with van der Waals surface area (Å²) in [5, 5.41) is 0.0115. The molecule has 0 aromatic carbocycles. The highest BCUT2D eigenvalue weighted by Crippen LogP contribution is 2.13. The summed E-state index contributed by atoms with van der Waals surface area (Å²) in [5.74, 6) is -0.377. The minimum atomic E-state index is -1.53.